The van der Waals surface area contributed by atoms with E-state index in [-0.39, 0.29) is 18.6 Å². The summed E-state index contributed by atoms with van der Waals surface area (Å²) >= 11 is 0. The van der Waals surface area contributed by atoms with E-state index in [9.17, 15) is 9.59 Å². The molecule has 6 nitrogen and oxygen atoms in total. The lowest BCUT2D eigenvalue weighted by atomic mass is 10.1. The number of aromatic nitrogens is 1. The molecule has 0 spiro atoms. The highest BCUT2D eigenvalue weighted by Crippen LogP contribution is 2.22. The summed E-state index contributed by atoms with van der Waals surface area (Å²) in [6.45, 7) is 4.48. The smallest absolute Gasteiger partial charge is 0.341 e. The van der Waals surface area contributed by atoms with Gasteiger partial charge < -0.3 is 19.7 Å². The van der Waals surface area contributed by atoms with Crippen LogP contribution in [0.5, 0.6) is 5.75 Å². The molecule has 146 valence electrons. The number of carboxylic acid groups (broad SMARTS) is 1. The zero-order valence-corrected chi connectivity index (χ0v) is 16.0. The predicted molar refractivity (Wildman–Crippen MR) is 107 cm³/mol. The summed E-state index contributed by atoms with van der Waals surface area (Å²) in [7, 11) is 0. The second-order valence-electron chi connectivity index (χ2n) is 6.67. The van der Waals surface area contributed by atoms with Gasteiger partial charge in [-0.2, -0.15) is 0 Å². The summed E-state index contributed by atoms with van der Waals surface area (Å²) in [4.78, 5) is 23.1. The third-order valence-corrected chi connectivity index (χ3v) is 4.68. The lowest BCUT2D eigenvalue weighted by Gasteiger charge is -2.15. The van der Waals surface area contributed by atoms with Crippen LogP contribution in [0.15, 0.2) is 54.7 Å². The van der Waals surface area contributed by atoms with E-state index in [0.29, 0.717) is 12.2 Å². The SMILES string of the molecule is CCn1cc(CC(=O)NC(C)c2ccc(OCC(=O)O)cc2)c2ccccc21. The Morgan fingerprint density at radius 3 is 2.54 bits per heavy atom. The van der Waals surface area contributed by atoms with Gasteiger partial charge in [0.25, 0.3) is 0 Å². The Morgan fingerprint density at radius 1 is 1.14 bits per heavy atom. The van der Waals surface area contributed by atoms with Crippen molar-refractivity contribution in [2.24, 2.45) is 0 Å². The molecule has 0 aliphatic carbocycles. The molecule has 0 saturated carbocycles. The van der Waals surface area contributed by atoms with Crippen LogP contribution in [0.3, 0.4) is 0 Å². The Kier molecular flexibility index (Phi) is 5.99. The highest BCUT2D eigenvalue weighted by Gasteiger charge is 2.14. The lowest BCUT2D eigenvalue weighted by molar-refractivity contribution is -0.139. The molecule has 3 rings (SSSR count). The maximum atomic E-state index is 12.6. The molecule has 0 fully saturated rings. The zero-order chi connectivity index (χ0) is 20.1. The molecule has 0 radical (unpaired) electrons. The largest absolute Gasteiger partial charge is 0.482 e. The van der Waals surface area contributed by atoms with Gasteiger partial charge in [0.05, 0.1) is 12.5 Å². The second kappa shape index (κ2) is 8.61. The maximum absolute atomic E-state index is 12.6. The summed E-state index contributed by atoms with van der Waals surface area (Å²) in [6, 6.07) is 15.0. The average molecular weight is 380 g/mol. The van der Waals surface area contributed by atoms with Gasteiger partial charge in [-0.1, -0.05) is 30.3 Å². The number of carboxylic acids is 1. The molecule has 1 unspecified atom stereocenters. The molecular weight excluding hydrogens is 356 g/mol. The topological polar surface area (TPSA) is 80.6 Å². The van der Waals surface area contributed by atoms with Crippen LogP contribution in [0.25, 0.3) is 10.9 Å². The molecule has 1 atom stereocenters. The van der Waals surface area contributed by atoms with Gasteiger partial charge in [-0.3, -0.25) is 4.79 Å². The van der Waals surface area contributed by atoms with E-state index in [4.69, 9.17) is 9.84 Å². The van der Waals surface area contributed by atoms with Crippen LogP contribution in [0, 0.1) is 0 Å². The first-order valence-electron chi connectivity index (χ1n) is 9.28. The number of carbonyl (C=O) groups is 2. The van der Waals surface area contributed by atoms with E-state index in [1.807, 2.05) is 43.5 Å². The minimum Gasteiger partial charge on any atom is -0.482 e. The summed E-state index contributed by atoms with van der Waals surface area (Å²) in [5.41, 5.74) is 3.07. The number of ether oxygens (including phenoxy) is 1. The maximum Gasteiger partial charge on any atom is 0.341 e. The number of para-hydroxylation sites is 1. The number of nitrogens with zero attached hydrogens (tertiary/aromatic N) is 1. The van der Waals surface area contributed by atoms with Crippen molar-refractivity contribution in [3.05, 3.63) is 65.9 Å². The summed E-state index contributed by atoms with van der Waals surface area (Å²) < 4.78 is 7.28. The van der Waals surface area contributed by atoms with Gasteiger partial charge in [0, 0.05) is 23.6 Å². The number of hydrogen-bond acceptors (Lipinski definition) is 3. The molecule has 1 aromatic heterocycles. The Bertz CT molecular complexity index is 976. The number of fused-ring (bicyclic) bond motifs is 1. The van der Waals surface area contributed by atoms with Crippen molar-refractivity contribution < 1.29 is 19.4 Å². The average Bonchev–Trinajstić information content (AvgIpc) is 3.04. The monoisotopic (exact) mass is 380 g/mol. The molecule has 0 bridgehead atoms. The van der Waals surface area contributed by atoms with Gasteiger partial charge in [0.2, 0.25) is 5.91 Å². The normalized spacial score (nSPS) is 11.9. The number of benzene rings is 2. The Morgan fingerprint density at radius 2 is 1.86 bits per heavy atom. The van der Waals surface area contributed by atoms with Crippen molar-refractivity contribution in [3.63, 3.8) is 0 Å². The van der Waals surface area contributed by atoms with Crippen molar-refractivity contribution in [3.8, 4) is 5.75 Å². The quantitative estimate of drug-likeness (QED) is 0.626. The fourth-order valence-corrected chi connectivity index (χ4v) is 3.27. The first kappa shape index (κ1) is 19.5. The summed E-state index contributed by atoms with van der Waals surface area (Å²) in [5.74, 6) is -0.580. The van der Waals surface area contributed by atoms with Crippen LogP contribution in [0.4, 0.5) is 0 Å². The Hall–Kier alpha value is -3.28. The molecule has 1 amide bonds. The van der Waals surface area contributed by atoms with Crippen LogP contribution in [0.1, 0.15) is 31.0 Å². The highest BCUT2D eigenvalue weighted by atomic mass is 16.5. The molecule has 6 heteroatoms. The van der Waals surface area contributed by atoms with Crippen molar-refractivity contribution in [1.82, 2.24) is 9.88 Å². The van der Waals surface area contributed by atoms with Gasteiger partial charge in [-0.25, -0.2) is 4.79 Å². The van der Waals surface area contributed by atoms with Crippen molar-refractivity contribution in [1.29, 1.82) is 0 Å². The first-order valence-corrected chi connectivity index (χ1v) is 9.28. The number of amides is 1. The molecule has 0 aliphatic rings. The number of hydrogen-bond donors (Lipinski definition) is 2. The fourth-order valence-electron chi connectivity index (χ4n) is 3.27. The van der Waals surface area contributed by atoms with Gasteiger partial charge in [-0.05, 0) is 43.2 Å². The number of aryl methyl sites for hydroxylation is 1. The number of aliphatic carboxylic acids is 1. The third kappa shape index (κ3) is 4.52. The molecule has 0 saturated heterocycles. The van der Waals surface area contributed by atoms with E-state index >= 15 is 0 Å². The first-order chi connectivity index (χ1) is 13.5. The van der Waals surface area contributed by atoms with Crippen LogP contribution in [-0.2, 0) is 22.6 Å². The van der Waals surface area contributed by atoms with Crippen LogP contribution in [-0.4, -0.2) is 28.2 Å². The molecule has 2 N–H and O–H groups in total. The second-order valence-corrected chi connectivity index (χ2v) is 6.67. The summed E-state index contributed by atoms with van der Waals surface area (Å²) in [5, 5.41) is 12.8. The van der Waals surface area contributed by atoms with Gasteiger partial charge >= 0.3 is 5.97 Å². The highest BCUT2D eigenvalue weighted by molar-refractivity contribution is 5.89. The van der Waals surface area contributed by atoms with Crippen LogP contribution >= 0.6 is 0 Å². The van der Waals surface area contributed by atoms with Gasteiger partial charge in [0.1, 0.15) is 5.75 Å². The third-order valence-electron chi connectivity index (χ3n) is 4.68. The summed E-state index contributed by atoms with van der Waals surface area (Å²) in [6.07, 6.45) is 2.36. The zero-order valence-electron chi connectivity index (χ0n) is 16.0. The standard InChI is InChI=1S/C22H24N2O4/c1-3-24-13-17(19-6-4-5-7-20(19)24)12-21(25)23-15(2)16-8-10-18(11-9-16)28-14-22(26)27/h4-11,13,15H,3,12,14H2,1-2H3,(H,23,25)(H,26,27). The molecular formula is C22H24N2O4. The van der Waals surface area contributed by atoms with Gasteiger partial charge in [-0.15, -0.1) is 0 Å². The fraction of sp³-hybridized carbons (Fsp3) is 0.273. The van der Waals surface area contributed by atoms with Crippen LogP contribution in [0.2, 0.25) is 0 Å². The van der Waals surface area contributed by atoms with E-state index in [0.717, 1.165) is 28.6 Å². The molecule has 3 aromatic rings. The molecule has 0 aliphatic heterocycles. The lowest BCUT2D eigenvalue weighted by Crippen LogP contribution is -2.28. The molecule has 2 aromatic carbocycles. The molecule has 28 heavy (non-hydrogen) atoms. The minimum atomic E-state index is -1.02. The van der Waals surface area contributed by atoms with E-state index in [1.54, 1.807) is 12.1 Å². The van der Waals surface area contributed by atoms with E-state index < -0.39 is 5.97 Å². The Balaban J connectivity index is 1.64. The minimum absolute atomic E-state index is 0.0438. The van der Waals surface area contributed by atoms with Crippen molar-refractivity contribution in [2.45, 2.75) is 32.9 Å². The van der Waals surface area contributed by atoms with Crippen molar-refractivity contribution >= 4 is 22.8 Å². The Labute approximate surface area is 163 Å². The number of nitrogens with one attached hydrogen (secondary N) is 1. The van der Waals surface area contributed by atoms with Crippen molar-refractivity contribution in [2.75, 3.05) is 6.61 Å². The number of rotatable bonds is 8. The van der Waals surface area contributed by atoms with Gasteiger partial charge in [0.15, 0.2) is 6.61 Å². The van der Waals surface area contributed by atoms with E-state index in [2.05, 4.69) is 22.9 Å². The number of carbonyl (C=O) groups excluding carboxylic acids is 1. The predicted octanol–water partition coefficient (Wildman–Crippen LogP) is 3.54. The molecule has 1 heterocycles. The van der Waals surface area contributed by atoms with Crippen LogP contribution < -0.4 is 10.1 Å². The van der Waals surface area contributed by atoms with E-state index in [1.165, 1.54) is 0 Å².